The van der Waals surface area contributed by atoms with Gasteiger partial charge in [0.1, 0.15) is 5.69 Å². The summed E-state index contributed by atoms with van der Waals surface area (Å²) in [5, 5.41) is 9.30. The van der Waals surface area contributed by atoms with Gasteiger partial charge in [0.25, 0.3) is 0 Å². The van der Waals surface area contributed by atoms with Crippen LogP contribution in [0.1, 0.15) is 0 Å². The first kappa shape index (κ1) is 10.9. The molecule has 0 aliphatic heterocycles. The molecular weight excluding hydrogens is 250 g/mol. The molecule has 0 amide bonds. The van der Waals surface area contributed by atoms with Gasteiger partial charge < -0.3 is 0 Å². The van der Waals surface area contributed by atoms with Gasteiger partial charge in [-0.15, -0.1) is 0 Å². The number of hydrogen-bond donors (Lipinski definition) is 0. The summed E-state index contributed by atoms with van der Waals surface area (Å²) in [7, 11) is -3.38. The van der Waals surface area contributed by atoms with Crippen LogP contribution in [0.5, 0.6) is 0 Å². The molecule has 1 aromatic heterocycles. The topological polar surface area (TPSA) is 85.4 Å². The molecule has 6 nitrogen and oxygen atoms in total. The van der Waals surface area contributed by atoms with Crippen molar-refractivity contribution in [2.75, 3.05) is 6.26 Å². The van der Waals surface area contributed by atoms with Crippen LogP contribution in [0.4, 0.5) is 5.69 Å². The fraction of sp³-hybridized carbons (Fsp3) is 0.125. The maximum Gasteiger partial charge on any atom is 0.177 e. The van der Waals surface area contributed by atoms with E-state index in [1.54, 1.807) is 0 Å². The van der Waals surface area contributed by atoms with Crippen LogP contribution in [-0.4, -0.2) is 30.1 Å². The number of fused-ring (bicyclic) bond motifs is 1. The summed E-state index contributed by atoms with van der Waals surface area (Å²) in [5.74, 6) is 0. The molecule has 0 fully saturated rings. The van der Waals surface area contributed by atoms with Gasteiger partial charge in [-0.3, -0.25) is 0 Å². The molecule has 0 saturated carbocycles. The first-order valence-electron chi connectivity index (χ1n) is 4.07. The van der Waals surface area contributed by atoms with E-state index >= 15 is 0 Å². The molecule has 0 radical (unpaired) electrons. The van der Waals surface area contributed by atoms with Crippen molar-refractivity contribution in [3.05, 3.63) is 12.1 Å². The van der Waals surface area contributed by atoms with Crippen LogP contribution in [0, 0.1) is 0 Å². The van der Waals surface area contributed by atoms with Crippen molar-refractivity contribution < 1.29 is 13.0 Å². The quantitative estimate of drug-likeness (QED) is 0.595. The summed E-state index contributed by atoms with van der Waals surface area (Å²) in [6, 6.07) is 2.86. The van der Waals surface area contributed by atoms with E-state index in [4.69, 9.17) is 0 Å². The van der Waals surface area contributed by atoms with Gasteiger partial charge in [0, 0.05) is 6.26 Å². The van der Waals surface area contributed by atoms with Crippen LogP contribution < -0.4 is 0 Å². The van der Waals surface area contributed by atoms with Gasteiger partial charge in [-0.25, -0.2) is 13.0 Å². The van der Waals surface area contributed by atoms with Crippen LogP contribution in [-0.2, 0) is 9.84 Å². The third-order valence-corrected chi connectivity index (χ3v) is 3.14. The summed E-state index contributed by atoms with van der Waals surface area (Å²) >= 11 is 4.46. The molecule has 0 spiro atoms. The molecule has 0 atom stereocenters. The van der Waals surface area contributed by atoms with E-state index < -0.39 is 9.84 Å². The highest BCUT2D eigenvalue weighted by atomic mass is 32.2. The van der Waals surface area contributed by atoms with Crippen LogP contribution in [0.2, 0.25) is 0 Å². The van der Waals surface area contributed by atoms with Crippen molar-refractivity contribution in [2.24, 2.45) is 4.99 Å². The Morgan fingerprint density at radius 1 is 1.38 bits per heavy atom. The summed E-state index contributed by atoms with van der Waals surface area (Å²) in [6.07, 6.45) is 1.08. The highest BCUT2D eigenvalue weighted by Crippen LogP contribution is 2.28. The molecule has 1 heterocycles. The lowest BCUT2D eigenvalue weighted by Gasteiger charge is -1.98. The van der Waals surface area contributed by atoms with Gasteiger partial charge in [-0.1, -0.05) is 0 Å². The number of nitrogens with zero attached hydrogens (tertiary/aromatic N) is 3. The molecule has 2 aromatic rings. The summed E-state index contributed by atoms with van der Waals surface area (Å²) < 4.78 is 27.4. The molecule has 0 saturated heterocycles. The van der Waals surface area contributed by atoms with Crippen molar-refractivity contribution in [2.45, 2.75) is 4.90 Å². The van der Waals surface area contributed by atoms with Crippen LogP contribution in [0.3, 0.4) is 0 Å². The second-order valence-electron chi connectivity index (χ2n) is 3.02. The second-order valence-corrected chi connectivity index (χ2v) is 5.19. The molecule has 16 heavy (non-hydrogen) atoms. The lowest BCUT2D eigenvalue weighted by Crippen LogP contribution is -1.97. The van der Waals surface area contributed by atoms with Crippen molar-refractivity contribution in [3.63, 3.8) is 0 Å². The number of isothiocyanates is 1. The monoisotopic (exact) mass is 255 g/mol. The van der Waals surface area contributed by atoms with Crippen LogP contribution in [0.15, 0.2) is 26.6 Å². The zero-order chi connectivity index (χ0) is 11.8. The molecule has 0 aliphatic rings. The molecule has 0 unspecified atom stereocenters. The minimum absolute atomic E-state index is 0.0482. The number of rotatable bonds is 2. The number of benzene rings is 1. The van der Waals surface area contributed by atoms with E-state index in [1.165, 1.54) is 12.1 Å². The fourth-order valence-corrected chi connectivity index (χ4v) is 2.17. The van der Waals surface area contributed by atoms with Gasteiger partial charge in [0.05, 0.1) is 10.1 Å². The Balaban J connectivity index is 2.89. The average Bonchev–Trinajstić information content (AvgIpc) is 2.65. The Labute approximate surface area is 95.9 Å². The average molecular weight is 255 g/mol. The Kier molecular flexibility index (Phi) is 2.55. The fourth-order valence-electron chi connectivity index (χ4n) is 1.27. The number of hydrogen-bond acceptors (Lipinski definition) is 7. The van der Waals surface area contributed by atoms with E-state index in [-0.39, 0.29) is 15.9 Å². The number of aromatic nitrogens is 2. The molecule has 1 aromatic carbocycles. The van der Waals surface area contributed by atoms with E-state index in [1.807, 2.05) is 0 Å². The molecule has 0 N–H and O–H groups in total. The van der Waals surface area contributed by atoms with E-state index in [2.05, 4.69) is 37.3 Å². The molecular formula is C8H5N3O3S2. The van der Waals surface area contributed by atoms with Gasteiger partial charge in [0.15, 0.2) is 20.9 Å². The zero-order valence-corrected chi connectivity index (χ0v) is 9.67. The van der Waals surface area contributed by atoms with E-state index in [9.17, 15) is 8.42 Å². The SMILES string of the molecule is CS(=O)(=O)c1ccc(N=C=S)c2nonc12. The first-order chi connectivity index (χ1) is 7.54. The van der Waals surface area contributed by atoms with Crippen molar-refractivity contribution in [3.8, 4) is 0 Å². The summed E-state index contributed by atoms with van der Waals surface area (Å²) in [4.78, 5) is 3.79. The van der Waals surface area contributed by atoms with Crippen molar-refractivity contribution in [1.29, 1.82) is 0 Å². The zero-order valence-electron chi connectivity index (χ0n) is 8.04. The Hall–Kier alpha value is -1.63. The highest BCUT2D eigenvalue weighted by molar-refractivity contribution is 7.91. The minimum atomic E-state index is -3.38. The first-order valence-corrected chi connectivity index (χ1v) is 6.37. The van der Waals surface area contributed by atoms with E-state index in [0.29, 0.717) is 5.69 Å². The third kappa shape index (κ3) is 1.73. The molecule has 0 bridgehead atoms. The smallest absolute Gasteiger partial charge is 0.177 e. The number of thiocarbonyl (C=S) groups is 1. The predicted molar refractivity (Wildman–Crippen MR) is 59.6 cm³/mol. The van der Waals surface area contributed by atoms with E-state index in [0.717, 1.165) is 6.26 Å². The second kappa shape index (κ2) is 3.75. The van der Waals surface area contributed by atoms with Crippen LogP contribution in [0.25, 0.3) is 11.0 Å². The standard InChI is InChI=1S/C8H5N3O3S2/c1-16(12,13)6-3-2-5(9-4-15)7-8(6)11-14-10-7/h2-3H,1H3. The molecule has 2 rings (SSSR count). The Bertz CT molecular complexity index is 698. The lowest BCUT2D eigenvalue weighted by atomic mass is 10.3. The third-order valence-electron chi connectivity index (χ3n) is 1.92. The normalized spacial score (nSPS) is 11.3. The highest BCUT2D eigenvalue weighted by Gasteiger charge is 2.18. The Morgan fingerprint density at radius 2 is 2.06 bits per heavy atom. The van der Waals surface area contributed by atoms with Gasteiger partial charge in [-0.05, 0) is 34.7 Å². The number of sulfone groups is 1. The summed E-state index contributed by atoms with van der Waals surface area (Å²) in [6.45, 7) is 0. The Morgan fingerprint density at radius 3 is 2.69 bits per heavy atom. The molecule has 0 aliphatic carbocycles. The van der Waals surface area contributed by atoms with Crippen molar-refractivity contribution >= 4 is 43.9 Å². The molecule has 8 heteroatoms. The maximum atomic E-state index is 11.4. The lowest BCUT2D eigenvalue weighted by molar-refractivity contribution is 0.315. The summed E-state index contributed by atoms with van der Waals surface area (Å²) in [5.41, 5.74) is 0.771. The van der Waals surface area contributed by atoms with Crippen molar-refractivity contribution in [1.82, 2.24) is 10.3 Å². The van der Waals surface area contributed by atoms with Gasteiger partial charge in [-0.2, -0.15) is 4.99 Å². The van der Waals surface area contributed by atoms with Gasteiger partial charge >= 0.3 is 0 Å². The van der Waals surface area contributed by atoms with Crippen LogP contribution >= 0.6 is 12.2 Å². The van der Waals surface area contributed by atoms with Gasteiger partial charge in [0.2, 0.25) is 0 Å². The predicted octanol–water partition coefficient (Wildman–Crippen LogP) is 1.36. The number of aliphatic imine (C=N–C) groups is 1. The minimum Gasteiger partial charge on any atom is -0.243 e. The maximum absolute atomic E-state index is 11.4. The largest absolute Gasteiger partial charge is 0.243 e. The molecule has 82 valence electrons.